The van der Waals surface area contributed by atoms with Gasteiger partial charge in [-0.05, 0) is 24.1 Å². The van der Waals surface area contributed by atoms with Gasteiger partial charge in [0.15, 0.2) is 0 Å². The Morgan fingerprint density at radius 3 is 2.50 bits per heavy atom. The molecule has 0 radical (unpaired) electrons. The molecule has 0 unspecified atom stereocenters. The third kappa shape index (κ3) is 5.30. The molecule has 5 nitrogen and oxygen atoms in total. The van der Waals surface area contributed by atoms with Crippen molar-refractivity contribution in [1.82, 2.24) is 10.6 Å². The van der Waals surface area contributed by atoms with Crippen LogP contribution in [0.4, 0.5) is 0 Å². The molecule has 1 aromatic carbocycles. The molecule has 0 aliphatic carbocycles. The van der Waals surface area contributed by atoms with Crippen molar-refractivity contribution in [2.24, 2.45) is 11.7 Å². The summed E-state index contributed by atoms with van der Waals surface area (Å²) in [6.07, 6.45) is 0. The SMILES string of the molecule is CC(C)[C@H](N)C(=O)NCCNC(=O)c1cccc(Br)c1. The highest BCUT2D eigenvalue weighted by Gasteiger charge is 2.16. The van der Waals surface area contributed by atoms with Gasteiger partial charge in [0.1, 0.15) is 0 Å². The maximum atomic E-state index is 11.8. The van der Waals surface area contributed by atoms with Gasteiger partial charge in [-0.3, -0.25) is 9.59 Å². The maximum Gasteiger partial charge on any atom is 0.251 e. The number of amides is 2. The fraction of sp³-hybridized carbons (Fsp3) is 0.429. The third-order valence-corrected chi connectivity index (χ3v) is 3.31. The van der Waals surface area contributed by atoms with E-state index in [0.29, 0.717) is 18.7 Å². The Hall–Kier alpha value is -1.40. The van der Waals surface area contributed by atoms with Crippen LogP contribution in [-0.4, -0.2) is 30.9 Å². The van der Waals surface area contributed by atoms with Gasteiger partial charge in [-0.1, -0.05) is 35.8 Å². The predicted molar refractivity (Wildman–Crippen MR) is 82.3 cm³/mol. The molecule has 0 spiro atoms. The van der Waals surface area contributed by atoms with Crippen molar-refractivity contribution in [1.29, 1.82) is 0 Å². The van der Waals surface area contributed by atoms with Crippen LogP contribution in [0.2, 0.25) is 0 Å². The Morgan fingerprint density at radius 1 is 1.25 bits per heavy atom. The number of hydrogen-bond acceptors (Lipinski definition) is 3. The number of halogens is 1. The molecule has 6 heteroatoms. The van der Waals surface area contributed by atoms with Gasteiger partial charge in [-0.15, -0.1) is 0 Å². The van der Waals surface area contributed by atoms with E-state index < -0.39 is 6.04 Å². The molecule has 0 aliphatic heterocycles. The van der Waals surface area contributed by atoms with Gasteiger partial charge in [0, 0.05) is 23.1 Å². The first-order chi connectivity index (χ1) is 9.41. The Labute approximate surface area is 127 Å². The van der Waals surface area contributed by atoms with Gasteiger partial charge in [-0.2, -0.15) is 0 Å². The zero-order chi connectivity index (χ0) is 15.1. The van der Waals surface area contributed by atoms with E-state index in [1.807, 2.05) is 19.9 Å². The van der Waals surface area contributed by atoms with Crippen molar-refractivity contribution in [3.63, 3.8) is 0 Å². The highest BCUT2D eigenvalue weighted by atomic mass is 79.9. The highest BCUT2D eigenvalue weighted by Crippen LogP contribution is 2.11. The number of carbonyl (C=O) groups excluding carboxylic acids is 2. The van der Waals surface area contributed by atoms with Gasteiger partial charge < -0.3 is 16.4 Å². The summed E-state index contributed by atoms with van der Waals surface area (Å²) in [5.74, 6) is -0.281. The lowest BCUT2D eigenvalue weighted by molar-refractivity contribution is -0.123. The fourth-order valence-corrected chi connectivity index (χ4v) is 1.91. The van der Waals surface area contributed by atoms with Crippen LogP contribution in [0.15, 0.2) is 28.7 Å². The minimum Gasteiger partial charge on any atom is -0.353 e. The minimum absolute atomic E-state index is 0.0891. The lowest BCUT2D eigenvalue weighted by atomic mass is 10.1. The van der Waals surface area contributed by atoms with Crippen LogP contribution in [0, 0.1) is 5.92 Å². The first kappa shape index (κ1) is 16.7. The van der Waals surface area contributed by atoms with Crippen molar-refractivity contribution in [3.8, 4) is 0 Å². The Balaban J connectivity index is 2.31. The topological polar surface area (TPSA) is 84.2 Å². The van der Waals surface area contributed by atoms with Gasteiger partial charge in [0.2, 0.25) is 5.91 Å². The zero-order valence-corrected chi connectivity index (χ0v) is 13.2. The zero-order valence-electron chi connectivity index (χ0n) is 11.7. The number of hydrogen-bond donors (Lipinski definition) is 3. The largest absolute Gasteiger partial charge is 0.353 e. The Bertz CT molecular complexity index is 477. The van der Waals surface area contributed by atoms with E-state index in [9.17, 15) is 9.59 Å². The fourth-order valence-electron chi connectivity index (χ4n) is 1.51. The van der Waals surface area contributed by atoms with Gasteiger partial charge in [0.05, 0.1) is 6.04 Å². The van der Waals surface area contributed by atoms with Crippen molar-refractivity contribution >= 4 is 27.7 Å². The van der Waals surface area contributed by atoms with E-state index in [2.05, 4.69) is 26.6 Å². The molecule has 1 atom stereocenters. The molecule has 0 fully saturated rings. The summed E-state index contributed by atoms with van der Waals surface area (Å²) in [6.45, 7) is 4.50. The van der Waals surface area contributed by atoms with E-state index in [1.54, 1.807) is 18.2 Å². The lowest BCUT2D eigenvalue weighted by Crippen LogP contribution is -2.46. The molecule has 1 rings (SSSR count). The quantitative estimate of drug-likeness (QED) is 0.681. The molecule has 0 heterocycles. The number of nitrogens with two attached hydrogens (primary N) is 1. The Kier molecular flexibility index (Phi) is 6.67. The highest BCUT2D eigenvalue weighted by molar-refractivity contribution is 9.10. The van der Waals surface area contributed by atoms with Crippen LogP contribution in [0.3, 0.4) is 0 Å². The average Bonchev–Trinajstić information content (AvgIpc) is 2.42. The maximum absolute atomic E-state index is 11.8. The van der Waals surface area contributed by atoms with E-state index >= 15 is 0 Å². The molecule has 0 saturated heterocycles. The number of rotatable bonds is 6. The predicted octanol–water partition coefficient (Wildman–Crippen LogP) is 1.28. The lowest BCUT2D eigenvalue weighted by Gasteiger charge is -2.15. The summed E-state index contributed by atoms with van der Waals surface area (Å²) in [6, 6.07) is 6.60. The molecule has 110 valence electrons. The smallest absolute Gasteiger partial charge is 0.251 e. The molecule has 4 N–H and O–H groups in total. The summed E-state index contributed by atoms with van der Waals surface area (Å²) in [5.41, 5.74) is 6.28. The van der Waals surface area contributed by atoms with Crippen molar-refractivity contribution in [2.45, 2.75) is 19.9 Å². The second kappa shape index (κ2) is 8.01. The monoisotopic (exact) mass is 341 g/mol. The molecular formula is C14H20BrN3O2. The van der Waals surface area contributed by atoms with Gasteiger partial charge in [-0.25, -0.2) is 0 Å². The summed E-state index contributed by atoms with van der Waals surface area (Å²) < 4.78 is 0.848. The summed E-state index contributed by atoms with van der Waals surface area (Å²) in [7, 11) is 0. The molecule has 0 bridgehead atoms. The standard InChI is InChI=1S/C14H20BrN3O2/c1-9(2)12(16)14(20)18-7-6-17-13(19)10-4-3-5-11(15)8-10/h3-5,8-9,12H,6-7,16H2,1-2H3,(H,17,19)(H,18,20)/t12-/m0/s1. The van der Waals surface area contributed by atoms with Crippen LogP contribution in [-0.2, 0) is 4.79 Å². The van der Waals surface area contributed by atoms with Crippen molar-refractivity contribution in [3.05, 3.63) is 34.3 Å². The normalized spacial score (nSPS) is 12.1. The van der Waals surface area contributed by atoms with E-state index in [1.165, 1.54) is 0 Å². The second-order valence-corrected chi connectivity index (χ2v) is 5.74. The third-order valence-electron chi connectivity index (χ3n) is 2.82. The number of benzene rings is 1. The number of carbonyl (C=O) groups is 2. The molecule has 0 aliphatic rings. The molecule has 0 aromatic heterocycles. The summed E-state index contributed by atoms with van der Waals surface area (Å²) in [5, 5.41) is 5.43. The first-order valence-corrected chi connectivity index (χ1v) is 7.28. The molecule has 1 aromatic rings. The molecule has 2 amide bonds. The van der Waals surface area contributed by atoms with E-state index in [-0.39, 0.29) is 17.7 Å². The van der Waals surface area contributed by atoms with Crippen molar-refractivity contribution in [2.75, 3.05) is 13.1 Å². The minimum atomic E-state index is -0.518. The summed E-state index contributed by atoms with van der Waals surface area (Å²) in [4.78, 5) is 23.4. The Morgan fingerprint density at radius 2 is 1.90 bits per heavy atom. The van der Waals surface area contributed by atoms with Crippen LogP contribution in [0.5, 0.6) is 0 Å². The second-order valence-electron chi connectivity index (χ2n) is 4.83. The van der Waals surface area contributed by atoms with Crippen LogP contribution in [0.1, 0.15) is 24.2 Å². The summed E-state index contributed by atoms with van der Waals surface area (Å²) >= 11 is 3.31. The van der Waals surface area contributed by atoms with Gasteiger partial charge in [0.25, 0.3) is 5.91 Å². The molecular weight excluding hydrogens is 322 g/mol. The van der Waals surface area contributed by atoms with Crippen LogP contribution < -0.4 is 16.4 Å². The van der Waals surface area contributed by atoms with Crippen molar-refractivity contribution < 1.29 is 9.59 Å². The van der Waals surface area contributed by atoms with E-state index in [4.69, 9.17) is 5.73 Å². The van der Waals surface area contributed by atoms with Crippen LogP contribution >= 0.6 is 15.9 Å². The van der Waals surface area contributed by atoms with Crippen LogP contribution in [0.25, 0.3) is 0 Å². The molecule has 20 heavy (non-hydrogen) atoms. The van der Waals surface area contributed by atoms with Gasteiger partial charge >= 0.3 is 0 Å². The average molecular weight is 342 g/mol. The van der Waals surface area contributed by atoms with E-state index in [0.717, 1.165) is 4.47 Å². The molecule has 0 saturated carbocycles. The number of nitrogens with one attached hydrogen (secondary N) is 2. The first-order valence-electron chi connectivity index (χ1n) is 6.49.